The molecule has 1 fully saturated rings. The lowest BCUT2D eigenvalue weighted by molar-refractivity contribution is -0.165. The molecular weight excluding hydrogens is 204 g/mol. The Morgan fingerprint density at radius 2 is 1.88 bits per heavy atom. The molecule has 3 heteroatoms. The highest BCUT2D eigenvalue weighted by atomic mass is 16.7. The Balaban J connectivity index is 2.11. The summed E-state index contributed by atoms with van der Waals surface area (Å²) in [6.07, 6.45) is 8.45. The lowest BCUT2D eigenvalue weighted by Crippen LogP contribution is -2.20. The molecule has 0 aromatic rings. The van der Waals surface area contributed by atoms with Crippen molar-refractivity contribution in [3.63, 3.8) is 0 Å². The van der Waals surface area contributed by atoms with Crippen molar-refractivity contribution in [3.05, 3.63) is 0 Å². The first kappa shape index (κ1) is 13.5. The SMILES string of the molecule is CCC(C)C(=O)OCOC1CCCCCC1. The molecule has 94 valence electrons. The van der Waals surface area contributed by atoms with E-state index in [2.05, 4.69) is 0 Å². The molecule has 0 bridgehead atoms. The quantitative estimate of drug-likeness (QED) is 0.411. The van der Waals surface area contributed by atoms with E-state index in [-0.39, 0.29) is 18.7 Å². The zero-order chi connectivity index (χ0) is 11.8. The molecule has 1 unspecified atom stereocenters. The summed E-state index contributed by atoms with van der Waals surface area (Å²) in [5, 5.41) is 0. The van der Waals surface area contributed by atoms with E-state index < -0.39 is 0 Å². The van der Waals surface area contributed by atoms with Gasteiger partial charge in [0.05, 0.1) is 12.0 Å². The minimum absolute atomic E-state index is 0.0160. The van der Waals surface area contributed by atoms with Crippen molar-refractivity contribution in [2.75, 3.05) is 6.79 Å². The van der Waals surface area contributed by atoms with Crippen molar-refractivity contribution in [2.45, 2.75) is 64.9 Å². The Bertz CT molecular complexity index is 195. The lowest BCUT2D eigenvalue weighted by Gasteiger charge is -2.16. The molecule has 0 aliphatic heterocycles. The van der Waals surface area contributed by atoms with Crippen molar-refractivity contribution in [1.82, 2.24) is 0 Å². The van der Waals surface area contributed by atoms with E-state index in [9.17, 15) is 4.79 Å². The van der Waals surface area contributed by atoms with Crippen LogP contribution in [0.25, 0.3) is 0 Å². The minimum atomic E-state index is -0.142. The summed E-state index contributed by atoms with van der Waals surface area (Å²) in [6, 6.07) is 0. The van der Waals surface area contributed by atoms with Crippen molar-refractivity contribution < 1.29 is 14.3 Å². The molecule has 0 radical (unpaired) electrons. The molecule has 0 spiro atoms. The summed E-state index contributed by atoms with van der Waals surface area (Å²) in [7, 11) is 0. The van der Waals surface area contributed by atoms with Crippen LogP contribution < -0.4 is 0 Å². The normalized spacial score (nSPS) is 20.1. The first-order valence-electron chi connectivity index (χ1n) is 6.52. The van der Waals surface area contributed by atoms with Gasteiger partial charge in [-0.15, -0.1) is 0 Å². The van der Waals surface area contributed by atoms with E-state index >= 15 is 0 Å². The third-order valence-electron chi connectivity index (χ3n) is 3.32. The van der Waals surface area contributed by atoms with Crippen LogP contribution in [0, 0.1) is 5.92 Å². The Morgan fingerprint density at radius 3 is 2.44 bits per heavy atom. The Morgan fingerprint density at radius 1 is 1.25 bits per heavy atom. The Hall–Kier alpha value is -0.570. The van der Waals surface area contributed by atoms with E-state index in [0.29, 0.717) is 6.10 Å². The van der Waals surface area contributed by atoms with Crippen molar-refractivity contribution in [3.8, 4) is 0 Å². The first-order chi connectivity index (χ1) is 7.74. The maximum atomic E-state index is 11.4. The molecule has 3 nitrogen and oxygen atoms in total. The van der Waals surface area contributed by atoms with Crippen LogP contribution in [-0.4, -0.2) is 18.9 Å². The van der Waals surface area contributed by atoms with Gasteiger partial charge in [-0.05, 0) is 19.3 Å². The summed E-state index contributed by atoms with van der Waals surface area (Å²) in [5.41, 5.74) is 0. The number of carbonyl (C=O) groups excluding carboxylic acids is 1. The number of carbonyl (C=O) groups is 1. The Kier molecular flexibility index (Phi) is 6.46. The van der Waals surface area contributed by atoms with Gasteiger partial charge in [0, 0.05) is 0 Å². The number of hydrogen-bond acceptors (Lipinski definition) is 3. The zero-order valence-electron chi connectivity index (χ0n) is 10.5. The summed E-state index contributed by atoms with van der Waals surface area (Å²) in [6.45, 7) is 4.00. The average Bonchev–Trinajstić information content (AvgIpc) is 2.56. The van der Waals surface area contributed by atoms with E-state index in [4.69, 9.17) is 9.47 Å². The number of ether oxygens (including phenoxy) is 2. The molecule has 1 aliphatic carbocycles. The molecular formula is C13H24O3. The fourth-order valence-corrected chi connectivity index (χ4v) is 1.91. The second-order valence-corrected chi connectivity index (χ2v) is 4.67. The molecule has 1 aliphatic rings. The molecule has 0 N–H and O–H groups in total. The van der Waals surface area contributed by atoms with Gasteiger partial charge in [0.25, 0.3) is 0 Å². The highest BCUT2D eigenvalue weighted by molar-refractivity contribution is 5.71. The number of hydrogen-bond donors (Lipinski definition) is 0. The number of esters is 1. The van der Waals surface area contributed by atoms with Gasteiger partial charge in [-0.1, -0.05) is 39.5 Å². The standard InChI is InChI=1S/C13H24O3/c1-3-11(2)13(14)16-10-15-12-8-6-4-5-7-9-12/h11-12H,3-10H2,1-2H3. The van der Waals surface area contributed by atoms with Crippen LogP contribution in [0.2, 0.25) is 0 Å². The predicted octanol–water partition coefficient (Wildman–Crippen LogP) is 3.27. The molecule has 1 atom stereocenters. The van der Waals surface area contributed by atoms with Crippen LogP contribution in [0.5, 0.6) is 0 Å². The largest absolute Gasteiger partial charge is 0.438 e. The molecule has 0 heterocycles. The van der Waals surface area contributed by atoms with E-state index in [0.717, 1.165) is 19.3 Å². The first-order valence-corrected chi connectivity index (χ1v) is 6.52. The fourth-order valence-electron chi connectivity index (χ4n) is 1.91. The fraction of sp³-hybridized carbons (Fsp3) is 0.923. The molecule has 0 aromatic heterocycles. The molecule has 1 saturated carbocycles. The van der Waals surface area contributed by atoms with Gasteiger partial charge in [0.2, 0.25) is 0 Å². The van der Waals surface area contributed by atoms with Gasteiger partial charge in [-0.3, -0.25) is 4.79 Å². The van der Waals surface area contributed by atoms with Crippen LogP contribution in [0.3, 0.4) is 0 Å². The molecule has 0 amide bonds. The summed E-state index contributed by atoms with van der Waals surface area (Å²) in [5.74, 6) is -0.158. The highest BCUT2D eigenvalue weighted by Gasteiger charge is 2.15. The van der Waals surface area contributed by atoms with Gasteiger partial charge < -0.3 is 9.47 Å². The average molecular weight is 228 g/mol. The third kappa shape index (κ3) is 4.97. The van der Waals surface area contributed by atoms with Gasteiger partial charge in [0.1, 0.15) is 0 Å². The monoisotopic (exact) mass is 228 g/mol. The van der Waals surface area contributed by atoms with Gasteiger partial charge in [-0.2, -0.15) is 0 Å². The highest BCUT2D eigenvalue weighted by Crippen LogP contribution is 2.19. The lowest BCUT2D eigenvalue weighted by atomic mass is 10.1. The maximum absolute atomic E-state index is 11.4. The summed E-state index contributed by atoms with van der Waals surface area (Å²) < 4.78 is 10.7. The minimum Gasteiger partial charge on any atom is -0.438 e. The van der Waals surface area contributed by atoms with Gasteiger partial charge >= 0.3 is 5.97 Å². The van der Waals surface area contributed by atoms with Crippen LogP contribution in [0.4, 0.5) is 0 Å². The third-order valence-corrected chi connectivity index (χ3v) is 3.32. The second-order valence-electron chi connectivity index (χ2n) is 4.67. The number of rotatable bonds is 5. The molecule has 0 saturated heterocycles. The maximum Gasteiger partial charge on any atom is 0.310 e. The zero-order valence-corrected chi connectivity index (χ0v) is 10.5. The smallest absolute Gasteiger partial charge is 0.310 e. The van der Waals surface area contributed by atoms with Crippen LogP contribution in [-0.2, 0) is 14.3 Å². The van der Waals surface area contributed by atoms with E-state index in [1.165, 1.54) is 25.7 Å². The van der Waals surface area contributed by atoms with Crippen LogP contribution >= 0.6 is 0 Å². The van der Waals surface area contributed by atoms with Crippen LogP contribution in [0.1, 0.15) is 58.8 Å². The van der Waals surface area contributed by atoms with Crippen molar-refractivity contribution in [1.29, 1.82) is 0 Å². The Labute approximate surface area is 98.5 Å². The van der Waals surface area contributed by atoms with Crippen LogP contribution in [0.15, 0.2) is 0 Å². The van der Waals surface area contributed by atoms with Gasteiger partial charge in [0.15, 0.2) is 6.79 Å². The topological polar surface area (TPSA) is 35.5 Å². The van der Waals surface area contributed by atoms with E-state index in [1.807, 2.05) is 13.8 Å². The summed E-state index contributed by atoms with van der Waals surface area (Å²) in [4.78, 5) is 11.4. The predicted molar refractivity (Wildman–Crippen MR) is 63.0 cm³/mol. The van der Waals surface area contributed by atoms with Gasteiger partial charge in [-0.25, -0.2) is 0 Å². The summed E-state index contributed by atoms with van der Waals surface area (Å²) >= 11 is 0. The molecule has 0 aromatic carbocycles. The second kappa shape index (κ2) is 7.66. The van der Waals surface area contributed by atoms with Crippen molar-refractivity contribution >= 4 is 5.97 Å². The molecule has 1 rings (SSSR count). The molecule has 16 heavy (non-hydrogen) atoms. The van der Waals surface area contributed by atoms with E-state index in [1.54, 1.807) is 0 Å². The van der Waals surface area contributed by atoms with Crippen molar-refractivity contribution in [2.24, 2.45) is 5.92 Å².